The molecule has 1 aliphatic rings. The van der Waals surface area contributed by atoms with Crippen LogP contribution >= 0.6 is 11.3 Å². The molecule has 2 aromatic heterocycles. The topological polar surface area (TPSA) is 68.1 Å². The van der Waals surface area contributed by atoms with Crippen LogP contribution in [0.2, 0.25) is 0 Å². The number of hydrogen-bond donors (Lipinski definition) is 0. The standard InChI is InChI=1S/C11H16N4O2S2/c1-7-9-10(15(3)13-7)12-11(18-9)14(2)8-4-5-19(16,17)6-8/h8H,4-6H2,1-3H3/t8-/m1/s1. The third kappa shape index (κ3) is 2.12. The Morgan fingerprint density at radius 2 is 2.21 bits per heavy atom. The first kappa shape index (κ1) is 12.9. The second kappa shape index (κ2) is 4.17. The SMILES string of the molecule is Cc1nn(C)c2nc(N(C)[C@@H]3CCS(=O)(=O)C3)sc12. The highest BCUT2D eigenvalue weighted by Gasteiger charge is 2.32. The molecule has 6 nitrogen and oxygen atoms in total. The third-order valence-electron chi connectivity index (χ3n) is 3.59. The molecule has 0 radical (unpaired) electrons. The smallest absolute Gasteiger partial charge is 0.188 e. The van der Waals surface area contributed by atoms with E-state index in [0.29, 0.717) is 6.42 Å². The number of anilines is 1. The summed E-state index contributed by atoms with van der Waals surface area (Å²) in [6, 6.07) is 0.0406. The van der Waals surface area contributed by atoms with Gasteiger partial charge < -0.3 is 4.90 Å². The summed E-state index contributed by atoms with van der Waals surface area (Å²) in [5.74, 6) is 0.518. The summed E-state index contributed by atoms with van der Waals surface area (Å²) in [6.45, 7) is 1.96. The van der Waals surface area contributed by atoms with Crippen LogP contribution in [0.3, 0.4) is 0 Å². The maximum Gasteiger partial charge on any atom is 0.188 e. The minimum Gasteiger partial charge on any atom is -0.347 e. The van der Waals surface area contributed by atoms with Crippen molar-refractivity contribution in [1.82, 2.24) is 14.8 Å². The van der Waals surface area contributed by atoms with Crippen molar-refractivity contribution >= 4 is 36.7 Å². The van der Waals surface area contributed by atoms with E-state index in [1.54, 1.807) is 16.0 Å². The predicted octanol–water partition coefficient (Wildman–Crippen LogP) is 0.962. The zero-order chi connectivity index (χ0) is 13.8. The summed E-state index contributed by atoms with van der Waals surface area (Å²) < 4.78 is 25.9. The molecule has 0 unspecified atom stereocenters. The van der Waals surface area contributed by atoms with Crippen LogP contribution in [0.1, 0.15) is 12.1 Å². The van der Waals surface area contributed by atoms with Gasteiger partial charge in [-0.15, -0.1) is 0 Å². The largest absolute Gasteiger partial charge is 0.347 e. The normalized spacial score (nSPS) is 22.2. The summed E-state index contributed by atoms with van der Waals surface area (Å²) in [5, 5.41) is 5.19. The number of fused-ring (bicyclic) bond motifs is 1. The maximum absolute atomic E-state index is 11.5. The molecule has 1 atom stereocenters. The van der Waals surface area contributed by atoms with Gasteiger partial charge in [0.25, 0.3) is 0 Å². The van der Waals surface area contributed by atoms with Crippen LogP contribution in [-0.2, 0) is 16.9 Å². The summed E-state index contributed by atoms with van der Waals surface area (Å²) in [5.41, 5.74) is 1.83. The fourth-order valence-electron chi connectivity index (χ4n) is 2.46. The molecule has 2 aromatic rings. The van der Waals surface area contributed by atoms with Gasteiger partial charge in [-0.05, 0) is 13.3 Å². The summed E-state index contributed by atoms with van der Waals surface area (Å²) in [7, 11) is 0.933. The van der Waals surface area contributed by atoms with Crippen molar-refractivity contribution in [3.05, 3.63) is 5.69 Å². The van der Waals surface area contributed by atoms with Gasteiger partial charge in [0.1, 0.15) is 0 Å². The number of aryl methyl sites for hydroxylation is 2. The number of rotatable bonds is 2. The third-order valence-corrected chi connectivity index (χ3v) is 6.59. The number of sulfone groups is 1. The van der Waals surface area contributed by atoms with Crippen molar-refractivity contribution in [1.29, 1.82) is 0 Å². The van der Waals surface area contributed by atoms with Gasteiger partial charge in [-0.3, -0.25) is 0 Å². The first-order chi connectivity index (χ1) is 8.87. The molecule has 0 N–H and O–H groups in total. The van der Waals surface area contributed by atoms with E-state index in [0.717, 1.165) is 21.2 Å². The fourth-order valence-corrected chi connectivity index (χ4v) is 5.30. The van der Waals surface area contributed by atoms with Crippen molar-refractivity contribution in [2.75, 3.05) is 23.5 Å². The van der Waals surface area contributed by atoms with E-state index in [4.69, 9.17) is 0 Å². The Bertz CT molecular complexity index is 697. The molecule has 1 fully saturated rings. The molecule has 1 saturated heterocycles. The van der Waals surface area contributed by atoms with Gasteiger partial charge in [0, 0.05) is 20.1 Å². The van der Waals surface area contributed by atoms with Crippen LogP contribution in [0.5, 0.6) is 0 Å². The summed E-state index contributed by atoms with van der Waals surface area (Å²) >= 11 is 1.58. The lowest BCUT2D eigenvalue weighted by atomic mass is 10.2. The van der Waals surface area contributed by atoms with E-state index < -0.39 is 9.84 Å². The van der Waals surface area contributed by atoms with E-state index >= 15 is 0 Å². The Hall–Kier alpha value is -1.15. The number of aromatic nitrogens is 3. The summed E-state index contributed by atoms with van der Waals surface area (Å²) in [4.78, 5) is 6.57. The fraction of sp³-hybridized carbons (Fsp3) is 0.636. The van der Waals surface area contributed by atoms with Gasteiger partial charge in [0.15, 0.2) is 20.6 Å². The van der Waals surface area contributed by atoms with Crippen molar-refractivity contribution < 1.29 is 8.42 Å². The van der Waals surface area contributed by atoms with Crippen LogP contribution in [0.25, 0.3) is 10.3 Å². The van der Waals surface area contributed by atoms with Crippen LogP contribution in [0.4, 0.5) is 5.13 Å². The van der Waals surface area contributed by atoms with Crippen molar-refractivity contribution in [3.8, 4) is 0 Å². The number of hydrogen-bond acceptors (Lipinski definition) is 6. The minimum absolute atomic E-state index is 0.0406. The lowest BCUT2D eigenvalue weighted by molar-refractivity contribution is 0.601. The van der Waals surface area contributed by atoms with Gasteiger partial charge in [-0.2, -0.15) is 5.10 Å². The predicted molar refractivity (Wildman–Crippen MR) is 76.6 cm³/mol. The first-order valence-electron chi connectivity index (χ1n) is 6.11. The Labute approximate surface area is 116 Å². The molecule has 1 aliphatic heterocycles. The second-order valence-electron chi connectivity index (χ2n) is 5.03. The minimum atomic E-state index is -2.86. The molecule has 0 bridgehead atoms. The van der Waals surface area contributed by atoms with Gasteiger partial charge >= 0.3 is 0 Å². The lowest BCUT2D eigenvalue weighted by Crippen LogP contribution is -2.32. The van der Waals surface area contributed by atoms with Crippen LogP contribution in [0.15, 0.2) is 0 Å². The molecule has 0 aliphatic carbocycles. The highest BCUT2D eigenvalue weighted by molar-refractivity contribution is 7.91. The molecule has 0 aromatic carbocycles. The molecular formula is C11H16N4O2S2. The molecule has 3 heterocycles. The zero-order valence-corrected chi connectivity index (χ0v) is 12.8. The van der Waals surface area contributed by atoms with Crippen LogP contribution in [-0.4, -0.2) is 47.8 Å². The lowest BCUT2D eigenvalue weighted by Gasteiger charge is -2.22. The van der Waals surface area contributed by atoms with Crippen molar-refractivity contribution in [2.45, 2.75) is 19.4 Å². The maximum atomic E-state index is 11.5. The molecule has 8 heteroatoms. The monoisotopic (exact) mass is 300 g/mol. The van der Waals surface area contributed by atoms with Gasteiger partial charge in [-0.25, -0.2) is 18.1 Å². The molecule has 0 amide bonds. The molecule has 0 spiro atoms. The van der Waals surface area contributed by atoms with Gasteiger partial charge in [-0.1, -0.05) is 11.3 Å². The van der Waals surface area contributed by atoms with Gasteiger partial charge in [0.05, 0.1) is 21.9 Å². The first-order valence-corrected chi connectivity index (χ1v) is 8.74. The quantitative estimate of drug-likeness (QED) is 0.826. The van der Waals surface area contributed by atoms with Crippen molar-refractivity contribution in [3.63, 3.8) is 0 Å². The van der Waals surface area contributed by atoms with Crippen molar-refractivity contribution in [2.24, 2.45) is 7.05 Å². The van der Waals surface area contributed by atoms with E-state index in [9.17, 15) is 8.42 Å². The average Bonchev–Trinajstić information content (AvgIpc) is 2.96. The van der Waals surface area contributed by atoms with Crippen LogP contribution in [0, 0.1) is 6.92 Å². The molecule has 104 valence electrons. The van der Waals surface area contributed by atoms with E-state index in [-0.39, 0.29) is 17.5 Å². The van der Waals surface area contributed by atoms with E-state index in [1.807, 2.05) is 25.9 Å². The summed E-state index contributed by atoms with van der Waals surface area (Å²) in [6.07, 6.45) is 0.686. The number of thiazole rings is 1. The Kier molecular flexibility index (Phi) is 2.82. The van der Waals surface area contributed by atoms with Crippen LogP contribution < -0.4 is 4.90 Å². The molecule has 0 saturated carbocycles. The second-order valence-corrected chi connectivity index (χ2v) is 8.23. The molecular weight excluding hydrogens is 284 g/mol. The van der Waals surface area contributed by atoms with E-state index in [1.165, 1.54) is 0 Å². The Morgan fingerprint density at radius 3 is 2.79 bits per heavy atom. The molecule has 3 rings (SSSR count). The zero-order valence-electron chi connectivity index (χ0n) is 11.1. The number of nitrogens with zero attached hydrogens (tertiary/aromatic N) is 4. The Morgan fingerprint density at radius 1 is 1.47 bits per heavy atom. The van der Waals surface area contributed by atoms with E-state index in [2.05, 4.69) is 10.1 Å². The highest BCUT2D eigenvalue weighted by atomic mass is 32.2. The molecule has 19 heavy (non-hydrogen) atoms. The highest BCUT2D eigenvalue weighted by Crippen LogP contribution is 2.32. The average molecular weight is 300 g/mol. The van der Waals surface area contributed by atoms with Gasteiger partial charge in [0.2, 0.25) is 0 Å². The Balaban J connectivity index is 1.94.